The zero-order valence-corrected chi connectivity index (χ0v) is 20.7. The first kappa shape index (κ1) is 23.4. The number of aromatic nitrogens is 7. The lowest BCUT2D eigenvalue weighted by molar-refractivity contribution is -0.123. The third kappa shape index (κ3) is 4.13. The van der Waals surface area contributed by atoms with Crippen LogP contribution in [0.1, 0.15) is 24.0 Å². The summed E-state index contributed by atoms with van der Waals surface area (Å²) in [6.07, 6.45) is 11.1. The van der Waals surface area contributed by atoms with E-state index in [1.807, 2.05) is 32.4 Å². The summed E-state index contributed by atoms with van der Waals surface area (Å²) < 4.78 is 18.0. The largest absolute Gasteiger partial charge is 0.365 e. The number of rotatable bonds is 6. The first-order valence-corrected chi connectivity index (χ1v) is 12.0. The van der Waals surface area contributed by atoms with Crippen molar-refractivity contribution < 1.29 is 9.18 Å². The van der Waals surface area contributed by atoms with Gasteiger partial charge in [-0.1, -0.05) is 6.07 Å². The molecule has 12 heteroatoms. The molecule has 1 fully saturated rings. The zero-order chi connectivity index (χ0) is 26.4. The monoisotopic (exact) mass is 510 g/mol. The van der Waals surface area contributed by atoms with Gasteiger partial charge in [-0.3, -0.25) is 9.48 Å². The van der Waals surface area contributed by atoms with E-state index >= 15 is 0 Å². The van der Waals surface area contributed by atoms with Crippen molar-refractivity contribution in [1.29, 1.82) is 5.26 Å². The number of aryl methyl sites for hydroxylation is 1. The highest BCUT2D eigenvalue weighted by Gasteiger charge is 2.32. The van der Waals surface area contributed by atoms with E-state index in [0.29, 0.717) is 24.5 Å². The number of fused-ring (bicyclic) bond motifs is 1. The maximum atomic E-state index is 13.2. The molecule has 190 valence electrons. The standard InChI is InChI=1S/C26H23FN10O/c1-16(17-3-4-24(29-7-17)36-13-21(27)10-32-36)26(38)33-22-14-35(15-22)23-5-18(20-9-30-34(2)11-20)12-37-25(23)19(6-28)8-31-37/h3-5,7-13,16,22H,14-15H2,1-2H3,(H,33,38). The Hall–Kier alpha value is -5.05. The Morgan fingerprint density at radius 3 is 2.61 bits per heavy atom. The molecule has 1 N–H and O–H groups in total. The summed E-state index contributed by atoms with van der Waals surface area (Å²) in [6.45, 7) is 3.02. The Balaban J connectivity index is 1.15. The molecule has 0 radical (unpaired) electrons. The van der Waals surface area contributed by atoms with Crippen LogP contribution in [0.4, 0.5) is 10.1 Å². The molecule has 1 amide bonds. The van der Waals surface area contributed by atoms with Crippen LogP contribution < -0.4 is 10.2 Å². The third-order valence-corrected chi connectivity index (χ3v) is 6.77. The van der Waals surface area contributed by atoms with Crippen LogP contribution in [0.3, 0.4) is 0 Å². The fourth-order valence-corrected chi connectivity index (χ4v) is 4.61. The van der Waals surface area contributed by atoms with E-state index in [-0.39, 0.29) is 11.9 Å². The molecule has 0 aromatic carbocycles. The van der Waals surface area contributed by atoms with Gasteiger partial charge in [-0.25, -0.2) is 18.6 Å². The van der Waals surface area contributed by atoms with E-state index in [9.17, 15) is 14.4 Å². The quantitative estimate of drug-likeness (QED) is 0.372. The van der Waals surface area contributed by atoms with Crippen molar-refractivity contribution in [1.82, 2.24) is 39.5 Å². The second-order valence-electron chi connectivity index (χ2n) is 9.36. The number of anilines is 1. The fraction of sp³-hybridized carbons (Fsp3) is 0.231. The van der Waals surface area contributed by atoms with Crippen molar-refractivity contribution in [2.24, 2.45) is 7.05 Å². The molecule has 0 spiro atoms. The van der Waals surface area contributed by atoms with Gasteiger partial charge in [-0.15, -0.1) is 0 Å². The van der Waals surface area contributed by atoms with Crippen LogP contribution in [0.2, 0.25) is 0 Å². The molecule has 1 atom stereocenters. The molecule has 38 heavy (non-hydrogen) atoms. The predicted octanol–water partition coefficient (Wildman–Crippen LogP) is 2.43. The minimum absolute atomic E-state index is 0.0419. The summed E-state index contributed by atoms with van der Waals surface area (Å²) in [6, 6.07) is 7.72. The summed E-state index contributed by atoms with van der Waals surface area (Å²) in [4.78, 5) is 19.4. The van der Waals surface area contributed by atoms with Crippen molar-refractivity contribution >= 4 is 17.1 Å². The molecule has 0 saturated carbocycles. The van der Waals surface area contributed by atoms with E-state index in [1.165, 1.54) is 10.9 Å². The third-order valence-electron chi connectivity index (χ3n) is 6.77. The second kappa shape index (κ2) is 9.11. The lowest BCUT2D eigenvalue weighted by Gasteiger charge is -2.42. The Morgan fingerprint density at radius 2 is 1.95 bits per heavy atom. The van der Waals surface area contributed by atoms with Gasteiger partial charge >= 0.3 is 0 Å². The smallest absolute Gasteiger partial charge is 0.227 e. The Labute approximate surface area is 216 Å². The SMILES string of the molecule is CC(C(=O)NC1CN(c2cc(-c3cnn(C)c3)cn3ncc(C#N)c23)C1)c1ccc(-n2cc(F)cn2)nc1. The van der Waals surface area contributed by atoms with Gasteiger partial charge in [0.25, 0.3) is 0 Å². The van der Waals surface area contributed by atoms with E-state index in [0.717, 1.165) is 34.1 Å². The molecule has 1 aliphatic heterocycles. The van der Waals surface area contributed by atoms with Gasteiger partial charge in [0, 0.05) is 49.9 Å². The maximum absolute atomic E-state index is 13.2. The molecule has 11 nitrogen and oxygen atoms in total. The van der Waals surface area contributed by atoms with Crippen LogP contribution in [0.15, 0.2) is 61.6 Å². The predicted molar refractivity (Wildman–Crippen MR) is 136 cm³/mol. The molecule has 0 aliphatic carbocycles. The molecule has 5 aromatic heterocycles. The molecule has 1 aliphatic rings. The van der Waals surface area contributed by atoms with Crippen molar-refractivity contribution in [3.05, 3.63) is 78.5 Å². The molecule has 1 saturated heterocycles. The van der Waals surface area contributed by atoms with Gasteiger partial charge in [0.05, 0.1) is 48.0 Å². The second-order valence-corrected chi connectivity index (χ2v) is 9.36. The number of halogens is 1. The van der Waals surface area contributed by atoms with Crippen LogP contribution >= 0.6 is 0 Å². The van der Waals surface area contributed by atoms with Gasteiger partial charge in [0.15, 0.2) is 11.6 Å². The lowest BCUT2D eigenvalue weighted by atomic mass is 10.00. The molecule has 5 aromatic rings. The number of hydrogen-bond donors (Lipinski definition) is 1. The summed E-state index contributed by atoms with van der Waals surface area (Å²) in [5, 5.41) is 25.3. The number of nitrogens with zero attached hydrogens (tertiary/aromatic N) is 9. The highest BCUT2D eigenvalue weighted by Crippen LogP contribution is 2.33. The molecular formula is C26H23FN10O. The van der Waals surface area contributed by atoms with Crippen molar-refractivity contribution in [3.8, 4) is 23.0 Å². The van der Waals surface area contributed by atoms with E-state index in [1.54, 1.807) is 39.9 Å². The first-order valence-electron chi connectivity index (χ1n) is 12.0. The number of pyridine rings is 2. The fourth-order valence-electron chi connectivity index (χ4n) is 4.61. The van der Waals surface area contributed by atoms with E-state index < -0.39 is 11.7 Å². The van der Waals surface area contributed by atoms with Gasteiger partial charge in [0.1, 0.15) is 11.6 Å². The first-order chi connectivity index (χ1) is 18.4. The van der Waals surface area contributed by atoms with Crippen molar-refractivity contribution in [3.63, 3.8) is 0 Å². The average molecular weight is 511 g/mol. The number of carbonyl (C=O) groups excluding carboxylic acids is 1. The van der Waals surface area contributed by atoms with Crippen LogP contribution in [0, 0.1) is 17.1 Å². The highest BCUT2D eigenvalue weighted by atomic mass is 19.1. The number of nitriles is 1. The molecule has 6 rings (SSSR count). The van der Waals surface area contributed by atoms with Crippen LogP contribution in [-0.4, -0.2) is 59.2 Å². The Bertz CT molecular complexity index is 1690. The highest BCUT2D eigenvalue weighted by molar-refractivity contribution is 5.86. The molecule has 0 bridgehead atoms. The number of amides is 1. The average Bonchev–Trinajstić information content (AvgIpc) is 3.64. The summed E-state index contributed by atoms with van der Waals surface area (Å²) >= 11 is 0. The number of carbonyl (C=O) groups is 1. The van der Waals surface area contributed by atoms with Crippen molar-refractivity contribution in [2.75, 3.05) is 18.0 Å². The van der Waals surface area contributed by atoms with E-state index in [4.69, 9.17) is 0 Å². The summed E-state index contributed by atoms with van der Waals surface area (Å²) in [5.74, 6) is -0.498. The Morgan fingerprint density at radius 1 is 1.11 bits per heavy atom. The van der Waals surface area contributed by atoms with Crippen molar-refractivity contribution in [2.45, 2.75) is 18.9 Å². The van der Waals surface area contributed by atoms with Gasteiger partial charge < -0.3 is 10.2 Å². The van der Waals surface area contributed by atoms with Crippen LogP contribution in [0.25, 0.3) is 22.5 Å². The van der Waals surface area contributed by atoms with Gasteiger partial charge in [0.2, 0.25) is 5.91 Å². The minimum Gasteiger partial charge on any atom is -0.365 e. The van der Waals surface area contributed by atoms with E-state index in [2.05, 4.69) is 36.6 Å². The maximum Gasteiger partial charge on any atom is 0.227 e. The Kier molecular flexibility index (Phi) is 5.60. The summed E-state index contributed by atoms with van der Waals surface area (Å²) in [7, 11) is 1.86. The summed E-state index contributed by atoms with van der Waals surface area (Å²) in [5.41, 5.74) is 4.74. The normalized spacial score (nSPS) is 14.3. The van der Waals surface area contributed by atoms with Gasteiger partial charge in [-0.05, 0) is 24.6 Å². The molecule has 1 unspecified atom stereocenters. The number of nitrogens with one attached hydrogen (secondary N) is 1. The topological polar surface area (TPSA) is 122 Å². The molecule has 6 heterocycles. The lowest BCUT2D eigenvalue weighted by Crippen LogP contribution is -2.60. The minimum atomic E-state index is -0.445. The van der Waals surface area contributed by atoms with Gasteiger partial charge in [-0.2, -0.15) is 20.6 Å². The molecular weight excluding hydrogens is 487 g/mol. The van der Waals surface area contributed by atoms with Crippen LogP contribution in [0.5, 0.6) is 0 Å². The zero-order valence-electron chi connectivity index (χ0n) is 20.7. The number of hydrogen-bond acceptors (Lipinski definition) is 7. The van der Waals surface area contributed by atoms with Crippen LogP contribution in [-0.2, 0) is 11.8 Å².